The van der Waals surface area contributed by atoms with Gasteiger partial charge in [0.05, 0.1) is 17.8 Å². The second-order valence-electron chi connectivity index (χ2n) is 6.16. The maximum absolute atomic E-state index is 12.0. The third-order valence-corrected chi connectivity index (χ3v) is 4.47. The van der Waals surface area contributed by atoms with Gasteiger partial charge in [-0.3, -0.25) is 4.79 Å². The molecule has 0 aliphatic heterocycles. The fourth-order valence-corrected chi connectivity index (χ4v) is 3.11. The zero-order valence-electron chi connectivity index (χ0n) is 13.3. The Morgan fingerprint density at radius 2 is 2.19 bits per heavy atom. The lowest BCUT2D eigenvalue weighted by Crippen LogP contribution is -2.21. The molecule has 11 heteroatoms. The molecule has 1 fully saturated rings. The number of amides is 1. The molecule has 0 aromatic carbocycles. The van der Waals surface area contributed by atoms with Crippen LogP contribution < -0.4 is 5.73 Å². The first kappa shape index (κ1) is 14.7. The molecule has 1 atom stereocenters. The summed E-state index contributed by atoms with van der Waals surface area (Å²) in [6.45, 7) is 0. The highest BCUT2D eigenvalue weighted by Gasteiger charge is 2.40. The van der Waals surface area contributed by atoms with Gasteiger partial charge in [0.15, 0.2) is 17.1 Å². The molecule has 1 aliphatic rings. The van der Waals surface area contributed by atoms with Gasteiger partial charge < -0.3 is 10.2 Å². The largest absolute Gasteiger partial charge is 0.461 e. The molecular weight excluding hydrogens is 340 g/mol. The van der Waals surface area contributed by atoms with Crippen molar-refractivity contribution in [2.45, 2.75) is 18.9 Å². The van der Waals surface area contributed by atoms with Crippen LogP contribution in [0.2, 0.25) is 0 Å². The molecule has 11 nitrogen and oxygen atoms in total. The zero-order valence-corrected chi connectivity index (χ0v) is 13.3. The van der Waals surface area contributed by atoms with Crippen LogP contribution in [-0.4, -0.2) is 35.3 Å². The van der Waals surface area contributed by atoms with Crippen LogP contribution in [0.15, 0.2) is 34.2 Å². The molecule has 4 aromatic heterocycles. The van der Waals surface area contributed by atoms with Crippen molar-refractivity contribution in [3.63, 3.8) is 0 Å². The molecule has 5 rings (SSSR count). The molecule has 0 saturated heterocycles. The minimum atomic E-state index is -0.771. The number of carbonyl (C=O) groups is 1. The molecule has 4 heterocycles. The Morgan fingerprint density at radius 1 is 1.35 bits per heavy atom. The topological polar surface area (TPSA) is 147 Å². The van der Waals surface area contributed by atoms with E-state index in [1.165, 1.54) is 21.7 Å². The molecular formula is C15H12N8O3. The lowest BCUT2D eigenvalue weighted by atomic mass is 10.2. The third-order valence-electron chi connectivity index (χ3n) is 4.47. The van der Waals surface area contributed by atoms with E-state index in [1.54, 1.807) is 12.1 Å². The number of nitrogen functional groups attached to an aromatic ring is 1. The first-order valence-electron chi connectivity index (χ1n) is 7.98. The standard InChI is InChI=1S/C15H12N8O3/c16-15-19-13-8(6-17-22(13)10(7-3-4-7)14(24)21-25)12-18-11(20-23(12)15)9-2-1-5-26-9/h1-2,5-7,10H,3-4H2,(H2,16,19). The Hall–Kier alpha value is -3.63. The van der Waals surface area contributed by atoms with Crippen molar-refractivity contribution in [3.8, 4) is 11.6 Å². The summed E-state index contributed by atoms with van der Waals surface area (Å²) in [4.78, 5) is 31.6. The van der Waals surface area contributed by atoms with E-state index in [1.807, 2.05) is 0 Å². The van der Waals surface area contributed by atoms with Crippen molar-refractivity contribution in [1.29, 1.82) is 0 Å². The van der Waals surface area contributed by atoms with Crippen LogP contribution in [0.3, 0.4) is 0 Å². The summed E-state index contributed by atoms with van der Waals surface area (Å²) in [7, 11) is 0. The van der Waals surface area contributed by atoms with Gasteiger partial charge in [-0.15, -0.1) is 10.0 Å². The molecule has 0 radical (unpaired) electrons. The predicted octanol–water partition coefficient (Wildman–Crippen LogP) is 1.56. The van der Waals surface area contributed by atoms with Crippen LogP contribution in [0.1, 0.15) is 18.9 Å². The number of aromatic nitrogens is 6. The summed E-state index contributed by atoms with van der Waals surface area (Å²) < 4.78 is 8.12. The minimum absolute atomic E-state index is 0.0269. The van der Waals surface area contributed by atoms with Crippen molar-refractivity contribution in [2.75, 3.05) is 5.73 Å². The molecule has 1 saturated carbocycles. The summed E-state index contributed by atoms with van der Waals surface area (Å²) in [5.41, 5.74) is 6.82. The molecule has 26 heavy (non-hydrogen) atoms. The maximum Gasteiger partial charge on any atom is 0.311 e. The number of nitrogens with zero attached hydrogens (tertiary/aromatic N) is 7. The zero-order chi connectivity index (χ0) is 17.8. The van der Waals surface area contributed by atoms with Gasteiger partial charge >= 0.3 is 5.91 Å². The van der Waals surface area contributed by atoms with Crippen LogP contribution >= 0.6 is 0 Å². The molecule has 2 N–H and O–H groups in total. The molecule has 1 unspecified atom stereocenters. The van der Waals surface area contributed by atoms with Gasteiger partial charge in [-0.05, 0) is 30.9 Å². The van der Waals surface area contributed by atoms with E-state index in [2.05, 4.69) is 25.3 Å². The highest BCUT2D eigenvalue weighted by molar-refractivity contribution is 5.92. The molecule has 4 aromatic rings. The average molecular weight is 352 g/mol. The number of carbonyl (C=O) groups excluding carboxylic acids is 1. The van der Waals surface area contributed by atoms with Crippen molar-refractivity contribution in [2.24, 2.45) is 11.1 Å². The Kier molecular flexibility index (Phi) is 2.93. The summed E-state index contributed by atoms with van der Waals surface area (Å²) in [5, 5.41) is 11.7. The van der Waals surface area contributed by atoms with Crippen molar-refractivity contribution in [1.82, 2.24) is 29.4 Å². The highest BCUT2D eigenvalue weighted by atomic mass is 16.3. The minimum Gasteiger partial charge on any atom is -0.461 e. The first-order chi connectivity index (χ1) is 12.7. The maximum atomic E-state index is 12.0. The summed E-state index contributed by atoms with van der Waals surface area (Å²) in [5.74, 6) is 0.188. The number of nitroso groups, excluding NO2 is 1. The van der Waals surface area contributed by atoms with Crippen LogP contribution in [0, 0.1) is 10.8 Å². The van der Waals surface area contributed by atoms with E-state index < -0.39 is 11.9 Å². The predicted molar refractivity (Wildman–Crippen MR) is 88.8 cm³/mol. The normalized spacial score (nSPS) is 15.5. The lowest BCUT2D eigenvalue weighted by molar-refractivity contribution is -0.121. The number of rotatable bonds is 4. The summed E-state index contributed by atoms with van der Waals surface area (Å²) in [6.07, 6.45) is 4.72. The number of anilines is 1. The van der Waals surface area contributed by atoms with Gasteiger partial charge in [-0.2, -0.15) is 14.6 Å². The van der Waals surface area contributed by atoms with Crippen LogP contribution in [0.25, 0.3) is 28.3 Å². The molecule has 0 spiro atoms. The second kappa shape index (κ2) is 5.18. The lowest BCUT2D eigenvalue weighted by Gasteiger charge is -2.12. The SMILES string of the molecule is Nc1nc2c(cnn2C(C(=O)N=O)C2CC2)c2nc(-c3ccco3)nn12. The van der Waals surface area contributed by atoms with E-state index in [-0.39, 0.29) is 11.9 Å². The Balaban J connectivity index is 1.74. The van der Waals surface area contributed by atoms with E-state index in [0.717, 1.165) is 12.8 Å². The smallest absolute Gasteiger partial charge is 0.311 e. The first-order valence-corrected chi connectivity index (χ1v) is 7.98. The summed E-state index contributed by atoms with van der Waals surface area (Å²) >= 11 is 0. The monoisotopic (exact) mass is 352 g/mol. The van der Waals surface area contributed by atoms with Gasteiger partial charge in [-0.25, -0.2) is 9.67 Å². The van der Waals surface area contributed by atoms with Gasteiger partial charge in [-0.1, -0.05) is 0 Å². The number of hydrogen-bond donors (Lipinski definition) is 1. The number of fused-ring (bicyclic) bond motifs is 3. The molecule has 1 aliphatic carbocycles. The second-order valence-corrected chi connectivity index (χ2v) is 6.16. The van der Waals surface area contributed by atoms with Crippen LogP contribution in [-0.2, 0) is 4.79 Å². The number of furan rings is 1. The van der Waals surface area contributed by atoms with E-state index in [4.69, 9.17) is 10.2 Å². The van der Waals surface area contributed by atoms with Crippen molar-refractivity contribution >= 4 is 28.5 Å². The molecule has 1 amide bonds. The number of nitrogens with two attached hydrogens (primary N) is 1. The quantitative estimate of drug-likeness (QED) is 0.544. The van der Waals surface area contributed by atoms with E-state index in [9.17, 15) is 9.70 Å². The van der Waals surface area contributed by atoms with Crippen molar-refractivity contribution < 1.29 is 9.21 Å². The van der Waals surface area contributed by atoms with Crippen molar-refractivity contribution in [3.05, 3.63) is 29.5 Å². The van der Waals surface area contributed by atoms with Gasteiger partial charge in [0.1, 0.15) is 6.04 Å². The van der Waals surface area contributed by atoms with Gasteiger partial charge in [0.2, 0.25) is 11.8 Å². The Labute approximate surface area is 144 Å². The average Bonchev–Trinajstić information content (AvgIpc) is 3.06. The van der Waals surface area contributed by atoms with Crippen LogP contribution in [0.4, 0.5) is 5.95 Å². The van der Waals surface area contributed by atoms with E-state index in [0.29, 0.717) is 28.3 Å². The fraction of sp³-hybridized carbons (Fsp3) is 0.267. The fourth-order valence-electron chi connectivity index (χ4n) is 3.11. The third kappa shape index (κ3) is 2.03. The highest BCUT2D eigenvalue weighted by Crippen LogP contribution is 2.41. The Bertz CT molecular complexity index is 1150. The summed E-state index contributed by atoms with van der Waals surface area (Å²) in [6, 6.07) is 2.69. The van der Waals surface area contributed by atoms with E-state index >= 15 is 0 Å². The number of hydrogen-bond acceptors (Lipinski definition) is 8. The van der Waals surface area contributed by atoms with Gasteiger partial charge in [0, 0.05) is 5.18 Å². The molecule has 0 bridgehead atoms. The molecule has 130 valence electrons. The van der Waals surface area contributed by atoms with Gasteiger partial charge in [0.25, 0.3) is 0 Å². The van der Waals surface area contributed by atoms with Crippen LogP contribution in [0.5, 0.6) is 0 Å². The Morgan fingerprint density at radius 3 is 2.88 bits per heavy atom.